The van der Waals surface area contributed by atoms with Crippen LogP contribution >= 0.6 is 15.9 Å². The van der Waals surface area contributed by atoms with Gasteiger partial charge in [0.25, 0.3) is 0 Å². The lowest BCUT2D eigenvalue weighted by atomic mass is 10.3. The first-order chi connectivity index (χ1) is 5.31. The second-order valence-corrected chi connectivity index (χ2v) is 3.33. The number of aliphatic hydroxyl groups excluding tert-OH is 1. The van der Waals surface area contributed by atoms with Gasteiger partial charge in [-0.2, -0.15) is 0 Å². The van der Waals surface area contributed by atoms with Gasteiger partial charge >= 0.3 is 0 Å². The number of ether oxygens (including phenoxy) is 1. The maximum atomic E-state index is 9.08. The number of halogens is 1. The summed E-state index contributed by atoms with van der Waals surface area (Å²) in [6.45, 7) is 3.20. The fourth-order valence-corrected chi connectivity index (χ4v) is 1.03. The lowest BCUT2D eigenvalue weighted by Gasteiger charge is -2.07. The van der Waals surface area contributed by atoms with Crippen LogP contribution in [0.4, 0.5) is 0 Å². The summed E-state index contributed by atoms with van der Waals surface area (Å²) in [5.41, 5.74) is 0. The summed E-state index contributed by atoms with van der Waals surface area (Å²) in [7, 11) is 0. The van der Waals surface area contributed by atoms with Gasteiger partial charge in [0.1, 0.15) is 0 Å². The predicted octanol–water partition coefficient (Wildman–Crippen LogP) is 1.95. The molecule has 0 saturated carbocycles. The van der Waals surface area contributed by atoms with E-state index in [1.54, 1.807) is 0 Å². The molecule has 1 atom stereocenters. The van der Waals surface area contributed by atoms with Crippen molar-refractivity contribution in [1.29, 1.82) is 0 Å². The van der Waals surface area contributed by atoms with Crippen molar-refractivity contribution in [3.8, 4) is 0 Å². The van der Waals surface area contributed by atoms with Gasteiger partial charge in [0.2, 0.25) is 0 Å². The maximum absolute atomic E-state index is 9.08. The van der Waals surface area contributed by atoms with Crippen LogP contribution in [0, 0.1) is 0 Å². The number of hydrogen-bond acceptors (Lipinski definition) is 2. The smallest absolute Gasteiger partial charge is 0.0771 e. The van der Waals surface area contributed by atoms with Crippen LogP contribution in [0.2, 0.25) is 0 Å². The zero-order valence-corrected chi connectivity index (χ0v) is 8.64. The molecule has 11 heavy (non-hydrogen) atoms. The van der Waals surface area contributed by atoms with E-state index in [2.05, 4.69) is 15.9 Å². The quantitative estimate of drug-likeness (QED) is 0.530. The Balaban J connectivity index is 2.89. The summed E-state index contributed by atoms with van der Waals surface area (Å²) >= 11 is 3.34. The highest BCUT2D eigenvalue weighted by Gasteiger charge is 1.98. The molecule has 0 fully saturated rings. The SMILES string of the molecule is CCC(O)COCCCCBr. The molecule has 0 aromatic carbocycles. The molecule has 0 rings (SSSR count). The molecule has 0 aromatic heterocycles. The highest BCUT2D eigenvalue weighted by atomic mass is 79.9. The minimum absolute atomic E-state index is 0.279. The molecule has 0 heterocycles. The van der Waals surface area contributed by atoms with E-state index in [0.717, 1.165) is 31.2 Å². The van der Waals surface area contributed by atoms with E-state index in [9.17, 15) is 0 Å². The minimum Gasteiger partial charge on any atom is -0.391 e. The number of hydrogen-bond donors (Lipinski definition) is 1. The summed E-state index contributed by atoms with van der Waals surface area (Å²) in [5, 5.41) is 10.1. The molecular formula is C8H17BrO2. The third-order valence-corrected chi connectivity index (χ3v) is 2.01. The van der Waals surface area contributed by atoms with Gasteiger partial charge in [-0.1, -0.05) is 22.9 Å². The predicted molar refractivity (Wildman–Crippen MR) is 50.1 cm³/mol. The topological polar surface area (TPSA) is 29.5 Å². The Labute approximate surface area is 77.1 Å². The van der Waals surface area contributed by atoms with E-state index >= 15 is 0 Å². The van der Waals surface area contributed by atoms with Crippen molar-refractivity contribution in [1.82, 2.24) is 0 Å². The zero-order valence-electron chi connectivity index (χ0n) is 7.05. The molecule has 0 bridgehead atoms. The minimum atomic E-state index is -0.279. The van der Waals surface area contributed by atoms with Crippen LogP contribution in [0.5, 0.6) is 0 Å². The summed E-state index contributed by atoms with van der Waals surface area (Å²) in [6.07, 6.45) is 2.71. The third kappa shape index (κ3) is 8.30. The third-order valence-electron chi connectivity index (χ3n) is 1.45. The van der Waals surface area contributed by atoms with Crippen molar-refractivity contribution in [3.63, 3.8) is 0 Å². The lowest BCUT2D eigenvalue weighted by molar-refractivity contribution is 0.0340. The molecule has 0 saturated heterocycles. The lowest BCUT2D eigenvalue weighted by Crippen LogP contribution is -2.14. The molecular weight excluding hydrogens is 208 g/mol. The van der Waals surface area contributed by atoms with E-state index in [4.69, 9.17) is 9.84 Å². The Morgan fingerprint density at radius 2 is 2.18 bits per heavy atom. The standard InChI is InChI=1S/C8H17BrO2/c1-2-8(10)7-11-6-4-3-5-9/h8,10H,2-7H2,1H3. The fraction of sp³-hybridized carbons (Fsp3) is 1.00. The van der Waals surface area contributed by atoms with Crippen LogP contribution in [-0.2, 0) is 4.74 Å². The van der Waals surface area contributed by atoms with Gasteiger partial charge in [-0.25, -0.2) is 0 Å². The van der Waals surface area contributed by atoms with E-state index in [0.29, 0.717) is 6.61 Å². The van der Waals surface area contributed by atoms with Crippen molar-refractivity contribution in [3.05, 3.63) is 0 Å². The van der Waals surface area contributed by atoms with Crippen molar-refractivity contribution in [2.45, 2.75) is 32.3 Å². The molecule has 0 aliphatic carbocycles. The molecule has 68 valence electrons. The zero-order chi connectivity index (χ0) is 8.53. The summed E-state index contributed by atoms with van der Waals surface area (Å²) in [6, 6.07) is 0. The second-order valence-electron chi connectivity index (χ2n) is 2.53. The van der Waals surface area contributed by atoms with Gasteiger partial charge in [-0.3, -0.25) is 0 Å². The van der Waals surface area contributed by atoms with Crippen molar-refractivity contribution < 1.29 is 9.84 Å². The fourth-order valence-electron chi connectivity index (χ4n) is 0.636. The average Bonchev–Trinajstić information content (AvgIpc) is 2.04. The van der Waals surface area contributed by atoms with E-state index in [-0.39, 0.29) is 6.10 Å². The second kappa shape index (κ2) is 8.50. The molecule has 0 radical (unpaired) electrons. The first-order valence-corrected chi connectivity index (χ1v) is 5.25. The molecule has 0 amide bonds. The van der Waals surface area contributed by atoms with Crippen LogP contribution in [-0.4, -0.2) is 29.8 Å². The van der Waals surface area contributed by atoms with Crippen molar-refractivity contribution in [2.24, 2.45) is 0 Å². The molecule has 0 aromatic rings. The van der Waals surface area contributed by atoms with Crippen LogP contribution < -0.4 is 0 Å². The molecule has 2 nitrogen and oxygen atoms in total. The van der Waals surface area contributed by atoms with Gasteiger partial charge in [-0.15, -0.1) is 0 Å². The molecule has 0 aliphatic heterocycles. The molecule has 1 N–H and O–H groups in total. The van der Waals surface area contributed by atoms with Crippen molar-refractivity contribution >= 4 is 15.9 Å². The van der Waals surface area contributed by atoms with E-state index < -0.39 is 0 Å². The Hall–Kier alpha value is 0.400. The number of alkyl halides is 1. The first-order valence-electron chi connectivity index (χ1n) is 4.13. The van der Waals surface area contributed by atoms with Crippen molar-refractivity contribution in [2.75, 3.05) is 18.5 Å². The highest BCUT2D eigenvalue weighted by molar-refractivity contribution is 9.09. The van der Waals surface area contributed by atoms with Gasteiger partial charge in [0.15, 0.2) is 0 Å². The van der Waals surface area contributed by atoms with Gasteiger partial charge in [0.05, 0.1) is 12.7 Å². The average molecular weight is 225 g/mol. The van der Waals surface area contributed by atoms with E-state index in [1.165, 1.54) is 0 Å². The largest absolute Gasteiger partial charge is 0.391 e. The molecule has 1 unspecified atom stereocenters. The Kier molecular flexibility index (Phi) is 8.81. The molecule has 0 aliphatic rings. The van der Waals surface area contributed by atoms with E-state index in [1.807, 2.05) is 6.92 Å². The number of unbranched alkanes of at least 4 members (excludes halogenated alkanes) is 1. The molecule has 0 spiro atoms. The van der Waals surface area contributed by atoms with Crippen LogP contribution in [0.3, 0.4) is 0 Å². The van der Waals surface area contributed by atoms with Gasteiger partial charge in [-0.05, 0) is 19.3 Å². The Bertz CT molecular complexity index is 78.5. The summed E-state index contributed by atoms with van der Waals surface area (Å²) in [5.74, 6) is 0. The van der Waals surface area contributed by atoms with Gasteiger partial charge in [0, 0.05) is 11.9 Å². The van der Waals surface area contributed by atoms with Gasteiger partial charge < -0.3 is 9.84 Å². The number of rotatable bonds is 7. The molecule has 3 heteroatoms. The van der Waals surface area contributed by atoms with Crippen LogP contribution in [0.25, 0.3) is 0 Å². The van der Waals surface area contributed by atoms with Crippen LogP contribution in [0.1, 0.15) is 26.2 Å². The monoisotopic (exact) mass is 224 g/mol. The maximum Gasteiger partial charge on any atom is 0.0771 e. The van der Waals surface area contributed by atoms with Crippen LogP contribution in [0.15, 0.2) is 0 Å². The normalized spacial score (nSPS) is 13.4. The summed E-state index contributed by atoms with van der Waals surface area (Å²) in [4.78, 5) is 0. The Morgan fingerprint density at radius 1 is 1.45 bits per heavy atom. The Morgan fingerprint density at radius 3 is 2.73 bits per heavy atom. The first kappa shape index (κ1) is 11.4. The highest BCUT2D eigenvalue weighted by Crippen LogP contribution is 1.96. The number of aliphatic hydroxyl groups is 1. The summed E-state index contributed by atoms with van der Waals surface area (Å²) < 4.78 is 5.22.